The average Bonchev–Trinajstić information content (AvgIpc) is 3.21. The van der Waals surface area contributed by atoms with Crippen LogP contribution >= 0.6 is 0 Å². The summed E-state index contributed by atoms with van der Waals surface area (Å²) in [5.41, 5.74) is 1.37. The minimum absolute atomic E-state index is 0.0360. The van der Waals surface area contributed by atoms with Crippen molar-refractivity contribution < 1.29 is 28.7 Å². The first-order valence-electron chi connectivity index (χ1n) is 12.5. The number of benzene rings is 1. The minimum Gasteiger partial charge on any atom is -0.496 e. The van der Waals surface area contributed by atoms with Crippen molar-refractivity contribution in [3.05, 3.63) is 59.4 Å². The van der Waals surface area contributed by atoms with E-state index in [0.717, 1.165) is 18.4 Å². The number of carbonyl (C=O) groups excluding carboxylic acids is 1. The molecule has 9 heteroatoms. The van der Waals surface area contributed by atoms with Crippen LogP contribution in [-0.2, 0) is 26.9 Å². The number of pyridine rings is 1. The SMILES string of the molecule is COc1c(CC(NC(=O)Cc2ccncc2)B2OC3CC4CC(C4(C)C)C3(C)O2)cccc1C(=O)O. The van der Waals surface area contributed by atoms with Crippen LogP contribution in [0.1, 0.15) is 55.1 Å². The van der Waals surface area contributed by atoms with Gasteiger partial charge in [0, 0.05) is 12.4 Å². The summed E-state index contributed by atoms with van der Waals surface area (Å²) in [4.78, 5) is 28.9. The van der Waals surface area contributed by atoms with E-state index in [2.05, 4.69) is 31.1 Å². The van der Waals surface area contributed by atoms with Crippen LogP contribution in [0.2, 0.25) is 0 Å². The first-order valence-corrected chi connectivity index (χ1v) is 12.5. The molecular formula is C27H33BN2O6. The maximum atomic E-state index is 13.1. The lowest BCUT2D eigenvalue weighted by Crippen LogP contribution is -2.65. The van der Waals surface area contributed by atoms with E-state index in [1.54, 1.807) is 30.6 Å². The van der Waals surface area contributed by atoms with Gasteiger partial charge < -0.3 is 24.5 Å². The number of ether oxygens (including phenoxy) is 1. The van der Waals surface area contributed by atoms with Gasteiger partial charge in [-0.1, -0.05) is 26.0 Å². The van der Waals surface area contributed by atoms with Gasteiger partial charge in [0.15, 0.2) is 0 Å². The number of amides is 1. The molecule has 4 fully saturated rings. The highest BCUT2D eigenvalue weighted by Crippen LogP contribution is 2.65. The number of carboxylic acids is 1. The first kappa shape index (κ1) is 24.8. The summed E-state index contributed by atoms with van der Waals surface area (Å²) in [6.07, 6.45) is 5.84. The Morgan fingerprint density at radius 1 is 1.22 bits per heavy atom. The van der Waals surface area contributed by atoms with E-state index in [4.69, 9.17) is 14.0 Å². The highest BCUT2D eigenvalue weighted by Gasteiger charge is 2.68. The molecular weight excluding hydrogens is 459 g/mol. The normalized spacial score (nSPS) is 28.6. The molecule has 1 amide bonds. The Labute approximate surface area is 211 Å². The van der Waals surface area contributed by atoms with Crippen molar-refractivity contribution in [3.8, 4) is 5.75 Å². The van der Waals surface area contributed by atoms with Crippen LogP contribution < -0.4 is 10.1 Å². The molecule has 3 aliphatic carbocycles. The number of methoxy groups -OCH3 is 1. The number of rotatable bonds is 8. The third-order valence-corrected chi connectivity index (χ3v) is 8.73. The van der Waals surface area contributed by atoms with Gasteiger partial charge in [-0.15, -0.1) is 0 Å². The summed E-state index contributed by atoms with van der Waals surface area (Å²) in [6.45, 7) is 6.75. The van der Waals surface area contributed by atoms with Crippen molar-refractivity contribution in [2.24, 2.45) is 17.3 Å². The second kappa shape index (κ2) is 9.19. The van der Waals surface area contributed by atoms with Gasteiger partial charge in [-0.2, -0.15) is 0 Å². The molecule has 4 aliphatic rings. The molecule has 5 unspecified atom stereocenters. The molecule has 190 valence electrons. The number of aromatic nitrogens is 1. The van der Waals surface area contributed by atoms with E-state index in [0.29, 0.717) is 23.8 Å². The molecule has 1 aromatic carbocycles. The average molecular weight is 492 g/mol. The lowest BCUT2D eigenvalue weighted by atomic mass is 9.43. The largest absolute Gasteiger partial charge is 0.496 e. The topological polar surface area (TPSA) is 107 Å². The van der Waals surface area contributed by atoms with Crippen molar-refractivity contribution in [1.82, 2.24) is 10.3 Å². The second-order valence-electron chi connectivity index (χ2n) is 11.1. The summed E-state index contributed by atoms with van der Waals surface area (Å²) in [5, 5.41) is 12.7. The molecule has 1 aromatic heterocycles. The van der Waals surface area contributed by atoms with Crippen LogP contribution in [-0.4, -0.2) is 53.8 Å². The molecule has 2 N–H and O–H groups in total. The smallest absolute Gasteiger partial charge is 0.482 e. The fraction of sp³-hybridized carbons (Fsp3) is 0.519. The van der Waals surface area contributed by atoms with E-state index < -0.39 is 24.6 Å². The van der Waals surface area contributed by atoms with E-state index >= 15 is 0 Å². The van der Waals surface area contributed by atoms with Gasteiger partial charge in [-0.25, -0.2) is 4.79 Å². The van der Waals surface area contributed by atoms with Gasteiger partial charge in [0.25, 0.3) is 0 Å². The molecule has 2 bridgehead atoms. The zero-order valence-electron chi connectivity index (χ0n) is 21.2. The van der Waals surface area contributed by atoms with Crippen LogP contribution in [0.3, 0.4) is 0 Å². The predicted molar refractivity (Wildman–Crippen MR) is 134 cm³/mol. The standard InChI is InChI=1S/C27H33BN2O6/c1-26(2)18-14-20(26)27(3)21(15-18)35-28(36-27)22(30-23(31)12-16-8-10-29-11-9-16)13-17-6-5-7-19(25(32)33)24(17)34-4/h5-11,18,20-22H,12-15H2,1-4H3,(H,30,31)(H,32,33). The van der Waals surface area contributed by atoms with E-state index in [9.17, 15) is 14.7 Å². The Balaban J connectivity index is 1.42. The maximum Gasteiger partial charge on any atom is 0.482 e. The molecule has 3 saturated carbocycles. The minimum atomic E-state index is -1.07. The Morgan fingerprint density at radius 3 is 2.64 bits per heavy atom. The Bertz CT molecular complexity index is 1160. The van der Waals surface area contributed by atoms with Gasteiger partial charge in [0.2, 0.25) is 5.91 Å². The van der Waals surface area contributed by atoms with Crippen LogP contribution in [0.4, 0.5) is 0 Å². The molecule has 36 heavy (non-hydrogen) atoms. The fourth-order valence-corrected chi connectivity index (χ4v) is 6.62. The quantitative estimate of drug-likeness (QED) is 0.545. The Hall–Kier alpha value is -2.91. The summed E-state index contributed by atoms with van der Waals surface area (Å²) in [6, 6.07) is 8.63. The molecule has 1 aliphatic heterocycles. The highest BCUT2D eigenvalue weighted by atomic mass is 16.7. The number of nitrogens with one attached hydrogen (secondary N) is 1. The molecule has 5 atom stereocenters. The lowest BCUT2D eigenvalue weighted by Gasteiger charge is -2.64. The van der Waals surface area contributed by atoms with Crippen LogP contribution in [0.15, 0.2) is 42.7 Å². The van der Waals surface area contributed by atoms with Gasteiger partial charge in [0.05, 0.1) is 31.2 Å². The zero-order valence-corrected chi connectivity index (χ0v) is 21.2. The van der Waals surface area contributed by atoms with Gasteiger partial charge >= 0.3 is 13.1 Å². The maximum absolute atomic E-state index is 13.1. The third kappa shape index (κ3) is 4.18. The predicted octanol–water partition coefficient (Wildman–Crippen LogP) is 3.33. The zero-order chi connectivity index (χ0) is 25.7. The van der Waals surface area contributed by atoms with Crippen molar-refractivity contribution in [2.75, 3.05) is 7.11 Å². The third-order valence-electron chi connectivity index (χ3n) is 8.73. The van der Waals surface area contributed by atoms with Crippen molar-refractivity contribution in [2.45, 2.75) is 64.1 Å². The molecule has 0 radical (unpaired) electrons. The summed E-state index contributed by atoms with van der Waals surface area (Å²) < 4.78 is 18.7. The van der Waals surface area contributed by atoms with Crippen molar-refractivity contribution in [3.63, 3.8) is 0 Å². The van der Waals surface area contributed by atoms with Gasteiger partial charge in [-0.3, -0.25) is 9.78 Å². The number of aromatic carboxylic acids is 1. The molecule has 1 saturated heterocycles. The number of hydrogen-bond donors (Lipinski definition) is 2. The number of carbonyl (C=O) groups is 2. The highest BCUT2D eigenvalue weighted by molar-refractivity contribution is 6.48. The van der Waals surface area contributed by atoms with Gasteiger partial charge in [-0.05, 0) is 72.8 Å². The molecule has 2 heterocycles. The fourth-order valence-electron chi connectivity index (χ4n) is 6.62. The molecule has 0 spiro atoms. The summed E-state index contributed by atoms with van der Waals surface area (Å²) >= 11 is 0. The number of carboxylic acid groups (broad SMARTS) is 1. The second-order valence-corrected chi connectivity index (χ2v) is 11.1. The number of para-hydroxylation sites is 1. The monoisotopic (exact) mass is 492 g/mol. The molecule has 6 rings (SSSR count). The van der Waals surface area contributed by atoms with Crippen molar-refractivity contribution >= 4 is 19.0 Å². The van der Waals surface area contributed by atoms with Crippen LogP contribution in [0.5, 0.6) is 5.75 Å². The molecule has 2 aromatic rings. The number of hydrogen-bond acceptors (Lipinski definition) is 6. The molecule has 8 nitrogen and oxygen atoms in total. The number of nitrogens with zero attached hydrogens (tertiary/aromatic N) is 1. The lowest BCUT2D eigenvalue weighted by molar-refractivity contribution is -0.199. The Kier molecular flexibility index (Phi) is 6.33. The first-order chi connectivity index (χ1) is 17.1. The summed E-state index contributed by atoms with van der Waals surface area (Å²) in [5.74, 6) is -0.493. The van der Waals surface area contributed by atoms with E-state index in [1.165, 1.54) is 13.2 Å². The van der Waals surface area contributed by atoms with Gasteiger partial charge in [0.1, 0.15) is 11.3 Å². The summed E-state index contributed by atoms with van der Waals surface area (Å²) in [7, 11) is 0.796. The van der Waals surface area contributed by atoms with E-state index in [1.807, 2.05) is 6.07 Å². The van der Waals surface area contributed by atoms with Crippen LogP contribution in [0.25, 0.3) is 0 Å². The Morgan fingerprint density at radius 2 is 1.97 bits per heavy atom. The van der Waals surface area contributed by atoms with Crippen molar-refractivity contribution in [1.29, 1.82) is 0 Å². The van der Waals surface area contributed by atoms with E-state index in [-0.39, 0.29) is 35.2 Å². The van der Waals surface area contributed by atoms with Crippen LogP contribution in [0, 0.1) is 17.3 Å².